The number of aliphatic hydroxyl groups excluding tert-OH is 1. The third-order valence-corrected chi connectivity index (χ3v) is 5.79. The summed E-state index contributed by atoms with van der Waals surface area (Å²) in [5, 5.41) is 14.2. The Balaban J connectivity index is 1.63. The number of hydrogen-bond donors (Lipinski definition) is 2. The minimum absolute atomic E-state index is 0.0121. The summed E-state index contributed by atoms with van der Waals surface area (Å²) < 4.78 is 0. The summed E-state index contributed by atoms with van der Waals surface area (Å²) in [6.45, 7) is 2.42. The Morgan fingerprint density at radius 1 is 1.25 bits per heavy atom. The van der Waals surface area contributed by atoms with Gasteiger partial charge in [-0.3, -0.25) is 0 Å². The van der Waals surface area contributed by atoms with Gasteiger partial charge < -0.3 is 10.4 Å². The molecule has 0 amide bonds. The van der Waals surface area contributed by atoms with Gasteiger partial charge in [-0.15, -0.1) is 11.8 Å². The van der Waals surface area contributed by atoms with Crippen molar-refractivity contribution in [2.24, 2.45) is 0 Å². The van der Waals surface area contributed by atoms with Crippen LogP contribution in [0.4, 0.5) is 0 Å². The van der Waals surface area contributed by atoms with E-state index in [1.54, 1.807) is 0 Å². The van der Waals surface area contributed by atoms with Gasteiger partial charge in [0.05, 0.1) is 6.61 Å². The molecule has 0 spiro atoms. The molecule has 0 saturated heterocycles. The zero-order valence-corrected chi connectivity index (χ0v) is 13.1. The summed E-state index contributed by atoms with van der Waals surface area (Å²) in [4.78, 5) is 1.36. The molecule has 1 aromatic rings. The molecule has 2 saturated carbocycles. The van der Waals surface area contributed by atoms with Gasteiger partial charge in [0.2, 0.25) is 0 Å². The summed E-state index contributed by atoms with van der Waals surface area (Å²) in [5.41, 5.74) is 1.31. The molecular weight excluding hydrogens is 266 g/mol. The molecule has 1 aromatic carbocycles. The van der Waals surface area contributed by atoms with Gasteiger partial charge in [0.25, 0.3) is 0 Å². The van der Waals surface area contributed by atoms with Crippen LogP contribution in [0.15, 0.2) is 29.2 Å². The highest BCUT2D eigenvalue weighted by Gasteiger charge is 2.39. The lowest BCUT2D eigenvalue weighted by Gasteiger charge is -2.40. The molecule has 2 atom stereocenters. The molecule has 2 nitrogen and oxygen atoms in total. The second kappa shape index (κ2) is 6.08. The molecule has 0 aromatic heterocycles. The van der Waals surface area contributed by atoms with E-state index in [1.807, 2.05) is 11.8 Å². The van der Waals surface area contributed by atoms with Gasteiger partial charge in [0.15, 0.2) is 0 Å². The summed E-state index contributed by atoms with van der Waals surface area (Å²) in [7, 11) is 0. The molecule has 2 unspecified atom stereocenters. The van der Waals surface area contributed by atoms with Gasteiger partial charge >= 0.3 is 0 Å². The third kappa shape index (κ3) is 3.57. The fourth-order valence-electron chi connectivity index (χ4n) is 3.20. The van der Waals surface area contributed by atoms with Gasteiger partial charge in [-0.25, -0.2) is 0 Å². The minimum Gasteiger partial charge on any atom is -0.394 e. The molecule has 110 valence electrons. The Labute approximate surface area is 126 Å². The number of rotatable bonds is 5. The van der Waals surface area contributed by atoms with Crippen LogP contribution in [0.25, 0.3) is 0 Å². The standard InChI is InChI=1S/C17H25NOS/c1-13-4-8-15(9-5-13)20-16-3-2-10-17(11-16,12-19)18-14-6-7-14/h4-5,8-9,14,16,18-19H,2-3,6-7,10-12H2,1H3. The second-order valence-corrected chi connectivity index (χ2v) is 7.88. The fraction of sp³-hybridized carbons (Fsp3) is 0.647. The largest absolute Gasteiger partial charge is 0.394 e. The van der Waals surface area contributed by atoms with Crippen molar-refractivity contribution >= 4 is 11.8 Å². The van der Waals surface area contributed by atoms with Crippen LogP contribution in [0, 0.1) is 6.92 Å². The van der Waals surface area contributed by atoms with Crippen molar-refractivity contribution < 1.29 is 5.11 Å². The summed E-state index contributed by atoms with van der Waals surface area (Å²) in [5.74, 6) is 0. The predicted molar refractivity (Wildman–Crippen MR) is 85.3 cm³/mol. The van der Waals surface area contributed by atoms with Crippen LogP contribution in [-0.2, 0) is 0 Å². The van der Waals surface area contributed by atoms with Crippen molar-refractivity contribution in [1.29, 1.82) is 0 Å². The van der Waals surface area contributed by atoms with Crippen LogP contribution in [0.5, 0.6) is 0 Å². The zero-order chi connectivity index (χ0) is 14.0. The normalized spacial score (nSPS) is 30.4. The molecule has 2 fully saturated rings. The van der Waals surface area contributed by atoms with E-state index in [-0.39, 0.29) is 12.1 Å². The highest BCUT2D eigenvalue weighted by atomic mass is 32.2. The average molecular weight is 291 g/mol. The third-order valence-electron chi connectivity index (χ3n) is 4.51. The number of thioether (sulfide) groups is 1. The Kier molecular flexibility index (Phi) is 4.39. The monoisotopic (exact) mass is 291 g/mol. The van der Waals surface area contributed by atoms with Crippen molar-refractivity contribution in [3.8, 4) is 0 Å². The molecule has 20 heavy (non-hydrogen) atoms. The van der Waals surface area contributed by atoms with Crippen molar-refractivity contribution in [2.75, 3.05) is 6.61 Å². The second-order valence-electron chi connectivity index (χ2n) is 6.51. The average Bonchev–Trinajstić information content (AvgIpc) is 3.26. The van der Waals surface area contributed by atoms with E-state index >= 15 is 0 Å². The summed E-state index contributed by atoms with van der Waals surface area (Å²) in [6.07, 6.45) is 7.30. The maximum absolute atomic E-state index is 9.87. The van der Waals surface area contributed by atoms with Gasteiger partial charge in [0, 0.05) is 21.7 Å². The summed E-state index contributed by atoms with van der Waals surface area (Å²) in [6, 6.07) is 9.50. The first-order chi connectivity index (χ1) is 9.69. The maximum Gasteiger partial charge on any atom is 0.0613 e. The van der Waals surface area contributed by atoms with E-state index < -0.39 is 0 Å². The van der Waals surface area contributed by atoms with Crippen LogP contribution in [0.1, 0.15) is 44.1 Å². The van der Waals surface area contributed by atoms with Crippen LogP contribution in [0.2, 0.25) is 0 Å². The summed E-state index contributed by atoms with van der Waals surface area (Å²) >= 11 is 1.99. The van der Waals surface area contributed by atoms with Crippen LogP contribution >= 0.6 is 11.8 Å². The molecule has 3 rings (SSSR count). The number of benzene rings is 1. The van der Waals surface area contributed by atoms with E-state index in [0.29, 0.717) is 11.3 Å². The Hall–Kier alpha value is -0.510. The number of nitrogens with one attached hydrogen (secondary N) is 1. The van der Waals surface area contributed by atoms with E-state index in [1.165, 1.54) is 36.1 Å². The van der Waals surface area contributed by atoms with Crippen molar-refractivity contribution in [2.45, 2.75) is 67.2 Å². The van der Waals surface area contributed by atoms with Crippen molar-refractivity contribution in [3.05, 3.63) is 29.8 Å². The van der Waals surface area contributed by atoms with Gasteiger partial charge in [0.1, 0.15) is 0 Å². The Morgan fingerprint density at radius 2 is 2.00 bits per heavy atom. The smallest absolute Gasteiger partial charge is 0.0613 e. The fourth-order valence-corrected chi connectivity index (χ4v) is 4.56. The van der Waals surface area contributed by atoms with Crippen molar-refractivity contribution in [3.63, 3.8) is 0 Å². The lowest BCUT2D eigenvalue weighted by molar-refractivity contribution is 0.122. The molecule has 0 radical (unpaired) electrons. The van der Waals surface area contributed by atoms with Gasteiger partial charge in [-0.05, 0) is 51.2 Å². The van der Waals surface area contributed by atoms with E-state index in [4.69, 9.17) is 0 Å². The maximum atomic E-state index is 9.87. The van der Waals surface area contributed by atoms with E-state index in [2.05, 4.69) is 36.5 Å². The van der Waals surface area contributed by atoms with E-state index in [9.17, 15) is 5.11 Å². The van der Waals surface area contributed by atoms with Crippen LogP contribution in [0.3, 0.4) is 0 Å². The molecular formula is C17H25NOS. The molecule has 2 N–H and O–H groups in total. The Bertz CT molecular complexity index is 443. The zero-order valence-electron chi connectivity index (χ0n) is 12.3. The molecule has 0 bridgehead atoms. The topological polar surface area (TPSA) is 32.3 Å². The SMILES string of the molecule is Cc1ccc(SC2CCCC(CO)(NC3CC3)C2)cc1. The van der Waals surface area contributed by atoms with Crippen LogP contribution in [-0.4, -0.2) is 28.5 Å². The Morgan fingerprint density at radius 3 is 2.65 bits per heavy atom. The first-order valence-corrected chi connectivity index (χ1v) is 8.69. The first-order valence-electron chi connectivity index (χ1n) is 7.81. The molecule has 0 aliphatic heterocycles. The molecule has 2 aliphatic rings. The van der Waals surface area contributed by atoms with Crippen LogP contribution < -0.4 is 5.32 Å². The van der Waals surface area contributed by atoms with Crippen molar-refractivity contribution in [1.82, 2.24) is 5.32 Å². The number of aryl methyl sites for hydroxylation is 1. The van der Waals surface area contributed by atoms with E-state index in [0.717, 1.165) is 12.8 Å². The molecule has 3 heteroatoms. The first kappa shape index (κ1) is 14.4. The van der Waals surface area contributed by atoms with Gasteiger partial charge in [-0.2, -0.15) is 0 Å². The minimum atomic E-state index is -0.0121. The quantitative estimate of drug-likeness (QED) is 0.870. The molecule has 2 aliphatic carbocycles. The highest BCUT2D eigenvalue weighted by Crippen LogP contribution is 2.39. The lowest BCUT2D eigenvalue weighted by atomic mass is 9.82. The highest BCUT2D eigenvalue weighted by molar-refractivity contribution is 8.00. The van der Waals surface area contributed by atoms with Gasteiger partial charge in [-0.1, -0.05) is 24.1 Å². The molecule has 0 heterocycles. The number of aliphatic hydroxyl groups is 1. The predicted octanol–water partition coefficient (Wildman–Crippen LogP) is 3.51. The number of hydrogen-bond acceptors (Lipinski definition) is 3. The lowest BCUT2D eigenvalue weighted by Crippen LogP contribution is -2.53.